The van der Waals surface area contributed by atoms with E-state index >= 15 is 0 Å². The highest BCUT2D eigenvalue weighted by atomic mass is 127. The molecule has 94 valence electrons. The van der Waals surface area contributed by atoms with E-state index in [2.05, 4.69) is 0 Å². The van der Waals surface area contributed by atoms with Crippen LogP contribution in [0, 0.1) is 9.39 Å². The molecule has 0 unspecified atom stereocenters. The number of benzene rings is 2. The normalized spacial score (nSPS) is 11.6. The molecule has 0 aliphatic rings. The van der Waals surface area contributed by atoms with E-state index in [4.69, 9.17) is 0 Å². The van der Waals surface area contributed by atoms with Crippen molar-refractivity contribution in [3.63, 3.8) is 0 Å². The summed E-state index contributed by atoms with van der Waals surface area (Å²) in [6.07, 6.45) is -4.43. The topological polar surface area (TPSA) is 0 Å². The predicted molar refractivity (Wildman–Crippen MR) is 69.6 cm³/mol. The van der Waals surface area contributed by atoms with Gasteiger partial charge in [-0.25, -0.2) is 4.39 Å². The Balaban J connectivity index is 2.64. The molecule has 0 nitrogen and oxygen atoms in total. The van der Waals surface area contributed by atoms with E-state index < -0.39 is 17.6 Å². The van der Waals surface area contributed by atoms with Crippen LogP contribution in [-0.2, 0) is 6.18 Å². The molecule has 0 N–H and O–H groups in total. The molecule has 0 saturated heterocycles. The molecule has 0 aromatic heterocycles. The summed E-state index contributed by atoms with van der Waals surface area (Å²) in [5.74, 6) is -0.533. The van der Waals surface area contributed by atoms with Crippen molar-refractivity contribution in [2.45, 2.75) is 6.18 Å². The summed E-state index contributed by atoms with van der Waals surface area (Å²) in [4.78, 5) is 0. The highest BCUT2D eigenvalue weighted by Crippen LogP contribution is 2.37. The highest BCUT2D eigenvalue weighted by molar-refractivity contribution is 14.1. The molecule has 5 heteroatoms. The first-order valence-corrected chi connectivity index (χ1v) is 6.10. The lowest BCUT2D eigenvalue weighted by molar-refractivity contribution is -0.138. The van der Waals surface area contributed by atoms with Crippen LogP contribution in [0.1, 0.15) is 5.56 Å². The van der Waals surface area contributed by atoms with E-state index in [0.29, 0.717) is 0 Å². The molecule has 0 heterocycles. The fourth-order valence-corrected chi connectivity index (χ4v) is 2.59. The molecule has 2 aromatic rings. The van der Waals surface area contributed by atoms with Crippen molar-refractivity contribution in [3.8, 4) is 11.1 Å². The first-order valence-electron chi connectivity index (χ1n) is 5.02. The zero-order valence-electron chi connectivity index (χ0n) is 8.93. The maximum Gasteiger partial charge on any atom is 0.417 e. The van der Waals surface area contributed by atoms with Crippen molar-refractivity contribution in [2.75, 3.05) is 0 Å². The van der Waals surface area contributed by atoms with Crippen LogP contribution in [0.4, 0.5) is 17.6 Å². The van der Waals surface area contributed by atoms with E-state index in [9.17, 15) is 17.6 Å². The molecule has 0 aliphatic heterocycles. The standard InChI is InChI=1S/C13H7F4I/c14-11-7-2-1-4-8(11)9-5-3-6-10(12(9)18)13(15,16)17/h1-7H. The van der Waals surface area contributed by atoms with Gasteiger partial charge in [-0.1, -0.05) is 30.3 Å². The zero-order valence-corrected chi connectivity index (χ0v) is 11.1. The van der Waals surface area contributed by atoms with Gasteiger partial charge in [-0.3, -0.25) is 0 Å². The van der Waals surface area contributed by atoms with E-state index in [-0.39, 0.29) is 14.7 Å². The molecular formula is C13H7F4I. The Kier molecular flexibility index (Phi) is 3.61. The van der Waals surface area contributed by atoms with E-state index in [1.54, 1.807) is 28.7 Å². The highest BCUT2D eigenvalue weighted by Gasteiger charge is 2.33. The second-order valence-electron chi connectivity index (χ2n) is 3.64. The van der Waals surface area contributed by atoms with Crippen molar-refractivity contribution in [2.24, 2.45) is 0 Å². The maximum absolute atomic E-state index is 13.6. The Morgan fingerprint density at radius 1 is 0.833 bits per heavy atom. The first kappa shape index (κ1) is 13.3. The molecule has 0 fully saturated rings. The van der Waals surface area contributed by atoms with Crippen LogP contribution in [0.15, 0.2) is 42.5 Å². The molecule has 0 amide bonds. The van der Waals surface area contributed by atoms with Gasteiger partial charge in [0, 0.05) is 9.13 Å². The third kappa shape index (κ3) is 2.50. The predicted octanol–water partition coefficient (Wildman–Crippen LogP) is 5.12. The lowest BCUT2D eigenvalue weighted by Gasteiger charge is -2.13. The Hall–Kier alpha value is -1.11. The number of alkyl halides is 3. The average molecular weight is 366 g/mol. The molecule has 2 aromatic carbocycles. The van der Waals surface area contributed by atoms with Crippen LogP contribution < -0.4 is 0 Å². The molecule has 18 heavy (non-hydrogen) atoms. The van der Waals surface area contributed by atoms with Gasteiger partial charge >= 0.3 is 6.18 Å². The van der Waals surface area contributed by atoms with Gasteiger partial charge in [0.2, 0.25) is 0 Å². The van der Waals surface area contributed by atoms with Crippen molar-refractivity contribution in [1.29, 1.82) is 0 Å². The van der Waals surface area contributed by atoms with E-state index in [1.165, 1.54) is 30.3 Å². The summed E-state index contributed by atoms with van der Waals surface area (Å²) in [6, 6.07) is 9.54. The lowest BCUT2D eigenvalue weighted by atomic mass is 10.0. The Labute approximate surface area is 115 Å². The zero-order chi connectivity index (χ0) is 13.3. The molecule has 0 saturated carbocycles. The van der Waals surface area contributed by atoms with Crippen molar-refractivity contribution in [3.05, 3.63) is 57.4 Å². The van der Waals surface area contributed by atoms with E-state index in [1.807, 2.05) is 0 Å². The molecule has 0 radical (unpaired) electrons. The lowest BCUT2D eigenvalue weighted by Crippen LogP contribution is -2.08. The fourth-order valence-electron chi connectivity index (χ4n) is 1.64. The Morgan fingerprint density at radius 2 is 1.44 bits per heavy atom. The number of hydrogen-bond acceptors (Lipinski definition) is 0. The summed E-state index contributed by atoms with van der Waals surface area (Å²) >= 11 is 1.60. The minimum atomic E-state index is -4.43. The van der Waals surface area contributed by atoms with Crippen molar-refractivity contribution in [1.82, 2.24) is 0 Å². The number of halogens is 5. The van der Waals surface area contributed by atoms with E-state index in [0.717, 1.165) is 6.07 Å². The summed E-state index contributed by atoms with van der Waals surface area (Å²) in [5, 5.41) is 0. The minimum absolute atomic E-state index is 0.00713. The Morgan fingerprint density at radius 3 is 2.06 bits per heavy atom. The first-order chi connectivity index (χ1) is 8.41. The number of hydrogen-bond donors (Lipinski definition) is 0. The van der Waals surface area contributed by atoms with Gasteiger partial charge in [0.15, 0.2) is 0 Å². The van der Waals surface area contributed by atoms with Crippen LogP contribution in [0.5, 0.6) is 0 Å². The SMILES string of the molecule is Fc1ccccc1-c1cccc(C(F)(F)F)c1I. The van der Waals surface area contributed by atoms with Crippen molar-refractivity contribution < 1.29 is 17.6 Å². The molecule has 2 rings (SSSR count). The largest absolute Gasteiger partial charge is 0.417 e. The second kappa shape index (κ2) is 4.87. The quantitative estimate of drug-likeness (QED) is 0.486. The van der Waals surface area contributed by atoms with Crippen LogP contribution in [0.2, 0.25) is 0 Å². The van der Waals surface area contributed by atoms with Crippen LogP contribution in [0.3, 0.4) is 0 Å². The van der Waals surface area contributed by atoms with Gasteiger partial charge in [-0.15, -0.1) is 0 Å². The fraction of sp³-hybridized carbons (Fsp3) is 0.0769. The van der Waals surface area contributed by atoms with Crippen LogP contribution in [0.25, 0.3) is 11.1 Å². The molecule has 0 bridgehead atoms. The van der Waals surface area contributed by atoms with Crippen molar-refractivity contribution >= 4 is 22.6 Å². The maximum atomic E-state index is 13.6. The summed E-state index contributed by atoms with van der Waals surface area (Å²) in [6.45, 7) is 0. The van der Waals surface area contributed by atoms with Gasteiger partial charge in [-0.05, 0) is 40.3 Å². The summed E-state index contributed by atoms with van der Waals surface area (Å²) in [5.41, 5.74) is -0.319. The summed E-state index contributed by atoms with van der Waals surface area (Å²) < 4.78 is 51.8. The smallest absolute Gasteiger partial charge is 0.206 e. The van der Waals surface area contributed by atoms with Crippen LogP contribution >= 0.6 is 22.6 Å². The van der Waals surface area contributed by atoms with Gasteiger partial charge in [-0.2, -0.15) is 13.2 Å². The number of rotatable bonds is 1. The average Bonchev–Trinajstić information content (AvgIpc) is 2.29. The summed E-state index contributed by atoms with van der Waals surface area (Å²) in [7, 11) is 0. The van der Waals surface area contributed by atoms with Gasteiger partial charge in [0.1, 0.15) is 5.82 Å². The molecule has 0 aliphatic carbocycles. The van der Waals surface area contributed by atoms with Gasteiger partial charge < -0.3 is 0 Å². The minimum Gasteiger partial charge on any atom is -0.206 e. The monoisotopic (exact) mass is 366 g/mol. The third-order valence-corrected chi connectivity index (χ3v) is 3.63. The Bertz CT molecular complexity index is 575. The second-order valence-corrected chi connectivity index (χ2v) is 4.72. The van der Waals surface area contributed by atoms with Gasteiger partial charge in [0.05, 0.1) is 5.56 Å². The molecule has 0 spiro atoms. The molecule has 0 atom stereocenters. The van der Waals surface area contributed by atoms with Gasteiger partial charge in [0.25, 0.3) is 0 Å². The molecular weight excluding hydrogens is 359 g/mol. The third-order valence-electron chi connectivity index (χ3n) is 2.47. The van der Waals surface area contributed by atoms with Crippen LogP contribution in [-0.4, -0.2) is 0 Å².